The number of amides is 3. The smallest absolute Gasteiger partial charge is 0.324 e. The maximum absolute atomic E-state index is 12.5. The zero-order valence-corrected chi connectivity index (χ0v) is 17.1. The first kappa shape index (κ1) is 19.4. The molecule has 0 aliphatic carbocycles. The van der Waals surface area contributed by atoms with Crippen LogP contribution in [0.15, 0.2) is 29.4 Å². The van der Waals surface area contributed by atoms with E-state index < -0.39 is 5.25 Å². The molecule has 0 saturated carbocycles. The van der Waals surface area contributed by atoms with Crippen molar-refractivity contribution in [1.82, 2.24) is 25.0 Å². The zero-order chi connectivity index (χ0) is 19.8. The summed E-state index contributed by atoms with van der Waals surface area (Å²) in [6.45, 7) is 9.23. The molecular formula is C19H25N5O2S. The molecule has 3 amide bonds. The van der Waals surface area contributed by atoms with Crippen LogP contribution in [0.1, 0.15) is 33.3 Å². The Bertz CT molecular complexity index is 854. The summed E-state index contributed by atoms with van der Waals surface area (Å²) in [5.74, 6) is 0.533. The predicted octanol–water partition coefficient (Wildman–Crippen LogP) is 2.81. The van der Waals surface area contributed by atoms with E-state index in [-0.39, 0.29) is 17.4 Å². The molecule has 144 valence electrons. The molecule has 1 fully saturated rings. The molecule has 3 rings (SSSR count). The number of carbonyl (C=O) groups is 2. The Labute approximate surface area is 163 Å². The lowest BCUT2D eigenvalue weighted by atomic mass is 9.87. The van der Waals surface area contributed by atoms with Gasteiger partial charge in [-0.3, -0.25) is 9.69 Å². The van der Waals surface area contributed by atoms with E-state index in [2.05, 4.69) is 48.4 Å². The number of imide groups is 1. The molecule has 1 aliphatic rings. The Morgan fingerprint density at radius 3 is 2.44 bits per heavy atom. The molecule has 7 nitrogen and oxygen atoms in total. The van der Waals surface area contributed by atoms with E-state index in [0.29, 0.717) is 18.2 Å². The monoisotopic (exact) mass is 387 g/mol. The third kappa shape index (κ3) is 4.00. The van der Waals surface area contributed by atoms with Gasteiger partial charge < -0.3 is 9.88 Å². The van der Waals surface area contributed by atoms with Gasteiger partial charge in [0.2, 0.25) is 5.91 Å². The third-order valence-electron chi connectivity index (χ3n) is 4.60. The van der Waals surface area contributed by atoms with Gasteiger partial charge in [-0.2, -0.15) is 0 Å². The number of nitrogens with one attached hydrogen (secondary N) is 1. The normalized spacial score (nSPS) is 15.7. The highest BCUT2D eigenvalue weighted by Gasteiger charge is 2.31. The fourth-order valence-electron chi connectivity index (χ4n) is 2.90. The minimum Gasteiger partial charge on any atom is -0.336 e. The van der Waals surface area contributed by atoms with Gasteiger partial charge in [0, 0.05) is 25.7 Å². The van der Waals surface area contributed by atoms with Gasteiger partial charge in [0.15, 0.2) is 11.0 Å². The highest BCUT2D eigenvalue weighted by molar-refractivity contribution is 8.00. The summed E-state index contributed by atoms with van der Waals surface area (Å²) in [4.78, 5) is 25.4. The minimum atomic E-state index is -0.423. The van der Waals surface area contributed by atoms with Crippen LogP contribution in [0.3, 0.4) is 0 Å². The number of thioether (sulfide) groups is 1. The maximum atomic E-state index is 12.5. The Morgan fingerprint density at radius 1 is 1.22 bits per heavy atom. The lowest BCUT2D eigenvalue weighted by Gasteiger charge is -2.19. The molecule has 8 heteroatoms. The number of nitrogens with zero attached hydrogens (tertiary/aromatic N) is 4. The third-order valence-corrected chi connectivity index (χ3v) is 5.72. The Balaban J connectivity index is 1.75. The van der Waals surface area contributed by atoms with Crippen LogP contribution in [0.4, 0.5) is 4.79 Å². The van der Waals surface area contributed by atoms with Gasteiger partial charge in [0.1, 0.15) is 0 Å². The molecule has 0 radical (unpaired) electrons. The number of hydrogen-bond acceptors (Lipinski definition) is 5. The van der Waals surface area contributed by atoms with E-state index in [1.807, 2.05) is 23.7 Å². The van der Waals surface area contributed by atoms with Crippen molar-refractivity contribution in [2.45, 2.75) is 43.5 Å². The van der Waals surface area contributed by atoms with E-state index in [1.54, 1.807) is 6.92 Å². The van der Waals surface area contributed by atoms with Crippen LogP contribution in [0.5, 0.6) is 0 Å². The molecule has 1 unspecified atom stereocenters. The fraction of sp³-hybridized carbons (Fsp3) is 0.474. The average molecular weight is 388 g/mol. The lowest BCUT2D eigenvalue weighted by Crippen LogP contribution is -2.39. The Hall–Kier alpha value is -2.35. The molecule has 1 aromatic carbocycles. The molecule has 1 saturated heterocycles. The fourth-order valence-corrected chi connectivity index (χ4v) is 3.77. The van der Waals surface area contributed by atoms with Gasteiger partial charge >= 0.3 is 6.03 Å². The van der Waals surface area contributed by atoms with Crippen molar-refractivity contribution in [1.29, 1.82) is 0 Å². The molecule has 0 bridgehead atoms. The summed E-state index contributed by atoms with van der Waals surface area (Å²) in [6, 6.07) is 7.97. The average Bonchev–Trinajstić information content (AvgIpc) is 3.20. The first-order valence-electron chi connectivity index (χ1n) is 8.94. The first-order valence-corrected chi connectivity index (χ1v) is 9.82. The molecule has 0 spiro atoms. The largest absolute Gasteiger partial charge is 0.336 e. The standard InChI is InChI=1S/C19H25N5O2S/c1-12(16(25)24-11-10-20-17(24)26)27-18-22-21-15(23(18)5)13-6-8-14(9-7-13)19(2,3)4/h6-9,12H,10-11H2,1-5H3,(H,20,26). The van der Waals surface area contributed by atoms with E-state index in [9.17, 15) is 9.59 Å². The molecule has 2 heterocycles. The molecule has 27 heavy (non-hydrogen) atoms. The highest BCUT2D eigenvalue weighted by Crippen LogP contribution is 2.28. The van der Waals surface area contributed by atoms with Crippen LogP contribution in [0.25, 0.3) is 11.4 Å². The zero-order valence-electron chi connectivity index (χ0n) is 16.3. The van der Waals surface area contributed by atoms with Crippen molar-refractivity contribution < 1.29 is 9.59 Å². The van der Waals surface area contributed by atoms with Gasteiger partial charge in [-0.25, -0.2) is 4.79 Å². The highest BCUT2D eigenvalue weighted by atomic mass is 32.2. The second kappa shape index (κ2) is 7.34. The van der Waals surface area contributed by atoms with E-state index in [0.717, 1.165) is 11.4 Å². The second-order valence-corrected chi connectivity index (χ2v) is 8.98. The molecule has 1 atom stereocenters. The van der Waals surface area contributed by atoms with Crippen molar-refractivity contribution in [3.8, 4) is 11.4 Å². The van der Waals surface area contributed by atoms with Crippen LogP contribution < -0.4 is 5.32 Å². The van der Waals surface area contributed by atoms with Crippen LogP contribution in [-0.2, 0) is 17.3 Å². The van der Waals surface area contributed by atoms with Crippen LogP contribution >= 0.6 is 11.8 Å². The second-order valence-electron chi connectivity index (χ2n) is 7.67. The summed E-state index contributed by atoms with van der Waals surface area (Å²) in [5.41, 5.74) is 2.32. The summed E-state index contributed by atoms with van der Waals surface area (Å²) in [6.07, 6.45) is 0. The number of benzene rings is 1. The summed E-state index contributed by atoms with van der Waals surface area (Å²) in [5, 5.41) is 11.4. The quantitative estimate of drug-likeness (QED) is 0.816. The summed E-state index contributed by atoms with van der Waals surface area (Å²) in [7, 11) is 1.88. The Morgan fingerprint density at radius 2 is 1.89 bits per heavy atom. The van der Waals surface area contributed by atoms with E-state index in [4.69, 9.17) is 0 Å². The van der Waals surface area contributed by atoms with Crippen molar-refractivity contribution in [2.24, 2.45) is 7.05 Å². The molecule has 1 aliphatic heterocycles. The number of rotatable bonds is 4. The Kier molecular flexibility index (Phi) is 5.28. The molecule has 1 aromatic heterocycles. The first-order chi connectivity index (χ1) is 12.7. The van der Waals surface area contributed by atoms with Crippen LogP contribution in [0.2, 0.25) is 0 Å². The SMILES string of the molecule is CC(Sc1nnc(-c2ccc(C(C)(C)C)cc2)n1C)C(=O)N1CCNC1=O. The summed E-state index contributed by atoms with van der Waals surface area (Å²) >= 11 is 1.31. The molecule has 1 N–H and O–H groups in total. The van der Waals surface area contributed by atoms with Crippen molar-refractivity contribution >= 4 is 23.7 Å². The predicted molar refractivity (Wildman–Crippen MR) is 106 cm³/mol. The van der Waals surface area contributed by atoms with Crippen LogP contribution in [-0.4, -0.2) is 49.9 Å². The van der Waals surface area contributed by atoms with Crippen molar-refractivity contribution in [2.75, 3.05) is 13.1 Å². The van der Waals surface area contributed by atoms with Gasteiger partial charge in [-0.1, -0.05) is 56.8 Å². The topological polar surface area (TPSA) is 80.1 Å². The van der Waals surface area contributed by atoms with Gasteiger partial charge in [-0.05, 0) is 17.9 Å². The van der Waals surface area contributed by atoms with Crippen molar-refractivity contribution in [3.63, 3.8) is 0 Å². The van der Waals surface area contributed by atoms with Gasteiger partial charge in [0.05, 0.1) is 5.25 Å². The lowest BCUT2D eigenvalue weighted by molar-refractivity contribution is -0.126. The van der Waals surface area contributed by atoms with Gasteiger partial charge in [0.25, 0.3) is 0 Å². The number of aromatic nitrogens is 3. The number of carbonyl (C=O) groups excluding carboxylic acids is 2. The number of hydrogen-bond donors (Lipinski definition) is 1. The van der Waals surface area contributed by atoms with Crippen molar-refractivity contribution in [3.05, 3.63) is 29.8 Å². The van der Waals surface area contributed by atoms with E-state index >= 15 is 0 Å². The van der Waals surface area contributed by atoms with Crippen LogP contribution in [0, 0.1) is 0 Å². The minimum absolute atomic E-state index is 0.0943. The maximum Gasteiger partial charge on any atom is 0.324 e. The number of urea groups is 1. The molecular weight excluding hydrogens is 362 g/mol. The van der Waals surface area contributed by atoms with Gasteiger partial charge in [-0.15, -0.1) is 10.2 Å². The van der Waals surface area contributed by atoms with E-state index in [1.165, 1.54) is 22.2 Å². The summed E-state index contributed by atoms with van der Waals surface area (Å²) < 4.78 is 1.88. The molecule has 2 aromatic rings.